The molecule has 5 nitrogen and oxygen atoms in total. The summed E-state index contributed by atoms with van der Waals surface area (Å²) in [5.41, 5.74) is 4.89. The minimum absolute atomic E-state index is 0.0177. The van der Waals surface area contributed by atoms with Crippen LogP contribution >= 0.6 is 0 Å². The Morgan fingerprint density at radius 2 is 2.12 bits per heavy atom. The van der Waals surface area contributed by atoms with E-state index in [0.717, 1.165) is 12.8 Å². The zero-order chi connectivity index (χ0) is 12.3. The van der Waals surface area contributed by atoms with E-state index >= 15 is 0 Å². The van der Waals surface area contributed by atoms with E-state index in [4.69, 9.17) is 10.8 Å². The molecule has 1 aliphatic rings. The van der Waals surface area contributed by atoms with E-state index in [9.17, 15) is 9.59 Å². The second-order valence-electron chi connectivity index (χ2n) is 4.79. The molecule has 0 spiro atoms. The van der Waals surface area contributed by atoms with E-state index in [1.165, 1.54) is 0 Å². The summed E-state index contributed by atoms with van der Waals surface area (Å²) in [4.78, 5) is 22.5. The van der Waals surface area contributed by atoms with Crippen molar-refractivity contribution in [1.82, 2.24) is 5.32 Å². The monoisotopic (exact) mass is 228 g/mol. The van der Waals surface area contributed by atoms with E-state index in [2.05, 4.69) is 5.32 Å². The average molecular weight is 228 g/mol. The summed E-state index contributed by atoms with van der Waals surface area (Å²) in [5, 5.41) is 11.5. The van der Waals surface area contributed by atoms with Gasteiger partial charge in [0, 0.05) is 6.04 Å². The van der Waals surface area contributed by atoms with Gasteiger partial charge in [0.2, 0.25) is 5.91 Å². The van der Waals surface area contributed by atoms with Crippen LogP contribution in [0.3, 0.4) is 0 Å². The van der Waals surface area contributed by atoms with Gasteiger partial charge in [-0.05, 0) is 32.1 Å². The molecule has 0 aliphatic heterocycles. The summed E-state index contributed by atoms with van der Waals surface area (Å²) in [6, 6.07) is -0.264. The molecule has 5 heteroatoms. The van der Waals surface area contributed by atoms with Gasteiger partial charge in [-0.25, -0.2) is 0 Å². The van der Waals surface area contributed by atoms with Gasteiger partial charge in [0.05, 0.1) is 12.0 Å². The van der Waals surface area contributed by atoms with E-state index < -0.39 is 11.5 Å². The van der Waals surface area contributed by atoms with Gasteiger partial charge in [-0.15, -0.1) is 0 Å². The van der Waals surface area contributed by atoms with Gasteiger partial charge in [-0.2, -0.15) is 0 Å². The molecule has 92 valence electrons. The fourth-order valence-corrected chi connectivity index (χ4v) is 1.52. The first-order valence-electron chi connectivity index (χ1n) is 5.68. The van der Waals surface area contributed by atoms with E-state index in [1.807, 2.05) is 6.92 Å². The lowest BCUT2D eigenvalue weighted by Gasteiger charge is -2.25. The Kier molecular flexibility index (Phi) is 3.91. The van der Waals surface area contributed by atoms with E-state index in [1.54, 1.807) is 6.92 Å². The maximum atomic E-state index is 11.8. The smallest absolute Gasteiger partial charge is 0.305 e. The van der Waals surface area contributed by atoms with Crippen LogP contribution in [0.25, 0.3) is 0 Å². The summed E-state index contributed by atoms with van der Waals surface area (Å²) in [5.74, 6) is -0.826. The van der Waals surface area contributed by atoms with Crippen molar-refractivity contribution < 1.29 is 14.7 Å². The third kappa shape index (κ3) is 3.48. The Morgan fingerprint density at radius 1 is 1.56 bits per heavy atom. The van der Waals surface area contributed by atoms with Crippen LogP contribution in [0, 0.1) is 5.92 Å². The van der Waals surface area contributed by atoms with Gasteiger partial charge in [0.25, 0.3) is 0 Å². The topological polar surface area (TPSA) is 92.4 Å². The highest BCUT2D eigenvalue weighted by Gasteiger charge is 2.36. The van der Waals surface area contributed by atoms with Crippen molar-refractivity contribution in [2.45, 2.75) is 51.1 Å². The highest BCUT2D eigenvalue weighted by molar-refractivity contribution is 5.86. The van der Waals surface area contributed by atoms with E-state index in [0.29, 0.717) is 12.3 Å². The van der Waals surface area contributed by atoms with Gasteiger partial charge in [-0.1, -0.05) is 6.92 Å². The fraction of sp³-hybridized carbons (Fsp3) is 0.818. The van der Waals surface area contributed by atoms with Gasteiger partial charge in [-0.3, -0.25) is 9.59 Å². The van der Waals surface area contributed by atoms with Crippen molar-refractivity contribution in [3.63, 3.8) is 0 Å². The number of carboxylic acid groups (broad SMARTS) is 1. The maximum absolute atomic E-state index is 11.8. The minimum Gasteiger partial charge on any atom is -0.481 e. The number of rotatable bonds is 6. The molecule has 0 aromatic heterocycles. The molecule has 4 N–H and O–H groups in total. The van der Waals surface area contributed by atoms with Crippen LogP contribution in [0.2, 0.25) is 0 Å². The Morgan fingerprint density at radius 3 is 2.50 bits per heavy atom. The SMILES string of the molecule is CCC(C)(N)C(=O)NC(CC(=O)O)C1CC1. The number of carboxylic acids is 1. The summed E-state index contributed by atoms with van der Waals surface area (Å²) in [6.45, 7) is 3.50. The molecule has 1 saturated carbocycles. The Hall–Kier alpha value is -1.10. The molecule has 16 heavy (non-hydrogen) atoms. The molecule has 0 radical (unpaired) electrons. The molecular weight excluding hydrogens is 208 g/mol. The fourth-order valence-electron chi connectivity index (χ4n) is 1.52. The quantitative estimate of drug-likeness (QED) is 0.616. The first kappa shape index (κ1) is 13.0. The number of carbonyl (C=O) groups is 2. The number of nitrogens with one attached hydrogen (secondary N) is 1. The van der Waals surface area contributed by atoms with Crippen molar-refractivity contribution in [3.8, 4) is 0 Å². The van der Waals surface area contributed by atoms with Gasteiger partial charge in [0.15, 0.2) is 0 Å². The lowest BCUT2D eigenvalue weighted by molar-refractivity contribution is -0.138. The van der Waals surface area contributed by atoms with Gasteiger partial charge in [0.1, 0.15) is 0 Å². The zero-order valence-electron chi connectivity index (χ0n) is 9.82. The van der Waals surface area contributed by atoms with Crippen LogP contribution in [0.5, 0.6) is 0 Å². The van der Waals surface area contributed by atoms with Crippen molar-refractivity contribution in [3.05, 3.63) is 0 Å². The van der Waals surface area contributed by atoms with Crippen LogP contribution in [-0.4, -0.2) is 28.6 Å². The third-order valence-electron chi connectivity index (χ3n) is 3.16. The number of hydrogen-bond donors (Lipinski definition) is 3. The molecule has 1 rings (SSSR count). The Bertz CT molecular complexity index is 285. The van der Waals surface area contributed by atoms with Crippen molar-refractivity contribution in [2.75, 3.05) is 0 Å². The maximum Gasteiger partial charge on any atom is 0.305 e. The summed E-state index contributed by atoms with van der Waals surface area (Å²) < 4.78 is 0. The highest BCUT2D eigenvalue weighted by atomic mass is 16.4. The number of nitrogens with two attached hydrogens (primary N) is 1. The lowest BCUT2D eigenvalue weighted by Crippen LogP contribution is -2.54. The lowest BCUT2D eigenvalue weighted by atomic mass is 9.98. The zero-order valence-corrected chi connectivity index (χ0v) is 9.82. The number of hydrogen-bond acceptors (Lipinski definition) is 3. The van der Waals surface area contributed by atoms with Crippen LogP contribution in [0.1, 0.15) is 39.5 Å². The third-order valence-corrected chi connectivity index (χ3v) is 3.16. The molecular formula is C11H20N2O3. The molecule has 1 fully saturated rings. The Labute approximate surface area is 95.4 Å². The highest BCUT2D eigenvalue weighted by Crippen LogP contribution is 2.34. The summed E-state index contributed by atoms with van der Waals surface area (Å²) >= 11 is 0. The molecule has 1 amide bonds. The normalized spacial score (nSPS) is 20.9. The van der Waals surface area contributed by atoms with Crippen LogP contribution in [0.15, 0.2) is 0 Å². The molecule has 0 bridgehead atoms. The average Bonchev–Trinajstić information content (AvgIpc) is 2.99. The molecule has 0 saturated heterocycles. The molecule has 1 aliphatic carbocycles. The van der Waals surface area contributed by atoms with Crippen LogP contribution < -0.4 is 11.1 Å². The molecule has 2 atom stereocenters. The first-order chi connectivity index (χ1) is 7.36. The van der Waals surface area contributed by atoms with Crippen molar-refractivity contribution in [1.29, 1.82) is 0 Å². The van der Waals surface area contributed by atoms with Crippen molar-refractivity contribution >= 4 is 11.9 Å². The number of aliphatic carboxylic acids is 1. The summed E-state index contributed by atoms with van der Waals surface area (Å²) in [7, 11) is 0. The number of amides is 1. The van der Waals surface area contributed by atoms with E-state index in [-0.39, 0.29) is 18.4 Å². The molecule has 2 unspecified atom stereocenters. The largest absolute Gasteiger partial charge is 0.481 e. The molecule has 0 aromatic carbocycles. The van der Waals surface area contributed by atoms with Crippen molar-refractivity contribution in [2.24, 2.45) is 11.7 Å². The standard InChI is InChI=1S/C11H20N2O3/c1-3-11(2,12)10(16)13-8(6-9(14)15)7-4-5-7/h7-8H,3-6,12H2,1-2H3,(H,13,16)(H,14,15). The predicted octanol–water partition coefficient (Wildman–Crippen LogP) is 0.483. The minimum atomic E-state index is -0.911. The first-order valence-corrected chi connectivity index (χ1v) is 5.68. The second-order valence-corrected chi connectivity index (χ2v) is 4.79. The summed E-state index contributed by atoms with van der Waals surface area (Å²) in [6.07, 6.45) is 2.50. The van der Waals surface area contributed by atoms with Gasteiger partial charge >= 0.3 is 5.97 Å². The van der Waals surface area contributed by atoms with Crippen LogP contribution in [0.4, 0.5) is 0 Å². The predicted molar refractivity (Wildman–Crippen MR) is 59.8 cm³/mol. The second kappa shape index (κ2) is 4.82. The Balaban J connectivity index is 2.54. The molecule has 0 heterocycles. The number of carbonyl (C=O) groups excluding carboxylic acids is 1. The van der Waals surface area contributed by atoms with Gasteiger partial charge < -0.3 is 16.2 Å². The molecule has 0 aromatic rings. The van der Waals surface area contributed by atoms with Crippen LogP contribution in [-0.2, 0) is 9.59 Å².